The Bertz CT molecular complexity index is 428. The molecule has 0 amide bonds. The summed E-state index contributed by atoms with van der Waals surface area (Å²) in [6, 6.07) is 6.09. The molecule has 0 aromatic heterocycles. The van der Waals surface area contributed by atoms with Gasteiger partial charge in [-0.2, -0.15) is 0 Å². The van der Waals surface area contributed by atoms with Crippen LogP contribution in [0.4, 0.5) is 13.2 Å². The molecule has 1 aliphatic heterocycles. The Kier molecular flexibility index (Phi) is 5.47. The number of nitrogens with one attached hydrogen (secondary N) is 1. The van der Waals surface area contributed by atoms with E-state index in [-0.39, 0.29) is 5.75 Å². The second-order valence-electron chi connectivity index (χ2n) is 5.58. The summed E-state index contributed by atoms with van der Waals surface area (Å²) >= 11 is 0. The fraction of sp³-hybridized carbons (Fsp3) is 0.600. The summed E-state index contributed by atoms with van der Waals surface area (Å²) < 4.78 is 40.1. The van der Waals surface area contributed by atoms with Gasteiger partial charge in [-0.05, 0) is 56.6 Å². The molecule has 1 saturated heterocycles. The fourth-order valence-corrected chi connectivity index (χ4v) is 2.68. The maximum Gasteiger partial charge on any atom is 0.573 e. The van der Waals surface area contributed by atoms with Gasteiger partial charge in [0, 0.05) is 13.1 Å². The van der Waals surface area contributed by atoms with Crippen LogP contribution in [0, 0.1) is 5.92 Å². The predicted molar refractivity (Wildman–Crippen MR) is 75.1 cm³/mol. The third-order valence-electron chi connectivity index (χ3n) is 3.64. The summed E-state index contributed by atoms with van der Waals surface area (Å²) in [5, 5.41) is 3.34. The molecule has 0 unspecified atom stereocenters. The van der Waals surface area contributed by atoms with Gasteiger partial charge in [-0.15, -0.1) is 13.2 Å². The smallest absolute Gasteiger partial charge is 0.406 e. The molecule has 1 aromatic carbocycles. The average molecular weight is 302 g/mol. The van der Waals surface area contributed by atoms with Gasteiger partial charge in [-0.1, -0.05) is 12.1 Å². The molecule has 0 saturated carbocycles. The van der Waals surface area contributed by atoms with Crippen molar-refractivity contribution in [2.75, 3.05) is 26.7 Å². The van der Waals surface area contributed by atoms with Crippen LogP contribution in [0.5, 0.6) is 5.75 Å². The van der Waals surface area contributed by atoms with Gasteiger partial charge in [-0.3, -0.25) is 0 Å². The molecule has 1 aliphatic rings. The molecule has 0 bridgehead atoms. The summed E-state index contributed by atoms with van der Waals surface area (Å²) in [6.07, 6.45) is -2.27. The monoisotopic (exact) mass is 302 g/mol. The number of rotatable bonds is 5. The first kappa shape index (κ1) is 16.1. The molecular formula is C15H21F3N2O. The van der Waals surface area contributed by atoms with Gasteiger partial charge in [0.2, 0.25) is 0 Å². The SMILES string of the molecule is CN(Cc1ccc(OC(F)(F)F)cc1)CC1CCNCC1. The van der Waals surface area contributed by atoms with Crippen molar-refractivity contribution in [3.63, 3.8) is 0 Å². The third kappa shape index (κ3) is 5.93. The quantitative estimate of drug-likeness (QED) is 0.905. The summed E-state index contributed by atoms with van der Waals surface area (Å²) in [4.78, 5) is 2.22. The minimum absolute atomic E-state index is 0.174. The lowest BCUT2D eigenvalue weighted by molar-refractivity contribution is -0.274. The van der Waals surface area contributed by atoms with Gasteiger partial charge in [0.15, 0.2) is 0 Å². The van der Waals surface area contributed by atoms with Crippen molar-refractivity contribution < 1.29 is 17.9 Å². The van der Waals surface area contributed by atoms with Crippen LogP contribution in [0.2, 0.25) is 0 Å². The number of hydrogen-bond acceptors (Lipinski definition) is 3. The van der Waals surface area contributed by atoms with E-state index in [9.17, 15) is 13.2 Å². The Labute approximate surface area is 123 Å². The number of piperidine rings is 1. The zero-order valence-corrected chi connectivity index (χ0v) is 12.1. The summed E-state index contributed by atoms with van der Waals surface area (Å²) in [6.45, 7) is 3.89. The van der Waals surface area contributed by atoms with Crippen LogP contribution in [-0.2, 0) is 6.54 Å². The van der Waals surface area contributed by atoms with Crippen molar-refractivity contribution in [2.45, 2.75) is 25.7 Å². The molecule has 0 aliphatic carbocycles. The van der Waals surface area contributed by atoms with E-state index >= 15 is 0 Å². The number of ether oxygens (including phenoxy) is 1. The van der Waals surface area contributed by atoms with Gasteiger partial charge < -0.3 is 15.0 Å². The second-order valence-corrected chi connectivity index (χ2v) is 5.58. The van der Waals surface area contributed by atoms with Gasteiger partial charge in [0.1, 0.15) is 5.75 Å². The van der Waals surface area contributed by atoms with E-state index < -0.39 is 6.36 Å². The Morgan fingerprint density at radius 1 is 1.19 bits per heavy atom. The van der Waals surface area contributed by atoms with Crippen molar-refractivity contribution in [3.05, 3.63) is 29.8 Å². The molecule has 1 fully saturated rings. The predicted octanol–water partition coefficient (Wildman–Crippen LogP) is 3.02. The molecule has 3 nitrogen and oxygen atoms in total. The van der Waals surface area contributed by atoms with Crippen LogP contribution in [0.15, 0.2) is 24.3 Å². The second kappa shape index (κ2) is 7.13. The van der Waals surface area contributed by atoms with Crippen LogP contribution < -0.4 is 10.1 Å². The molecule has 0 radical (unpaired) electrons. The van der Waals surface area contributed by atoms with Crippen LogP contribution in [0.1, 0.15) is 18.4 Å². The van der Waals surface area contributed by atoms with Crippen LogP contribution in [0.25, 0.3) is 0 Å². The lowest BCUT2D eigenvalue weighted by atomic mass is 9.97. The molecule has 2 rings (SSSR count). The van der Waals surface area contributed by atoms with E-state index in [2.05, 4.69) is 15.0 Å². The van der Waals surface area contributed by atoms with Crippen molar-refractivity contribution in [1.82, 2.24) is 10.2 Å². The Hall–Kier alpha value is -1.27. The zero-order valence-electron chi connectivity index (χ0n) is 12.1. The maximum atomic E-state index is 12.1. The highest BCUT2D eigenvalue weighted by molar-refractivity contribution is 5.27. The van der Waals surface area contributed by atoms with Crippen molar-refractivity contribution in [2.24, 2.45) is 5.92 Å². The molecule has 0 spiro atoms. The number of halogens is 3. The largest absolute Gasteiger partial charge is 0.573 e. The van der Waals surface area contributed by atoms with E-state index in [0.29, 0.717) is 5.92 Å². The standard InChI is InChI=1S/C15H21F3N2O/c1-20(11-13-6-8-19-9-7-13)10-12-2-4-14(5-3-12)21-15(16,17)18/h2-5,13,19H,6-11H2,1H3. The van der Waals surface area contributed by atoms with Crippen LogP contribution in [-0.4, -0.2) is 37.9 Å². The van der Waals surface area contributed by atoms with E-state index in [1.807, 2.05) is 7.05 Å². The van der Waals surface area contributed by atoms with E-state index in [1.165, 1.54) is 25.0 Å². The highest BCUT2D eigenvalue weighted by Gasteiger charge is 2.30. The number of nitrogens with zero attached hydrogens (tertiary/aromatic N) is 1. The summed E-state index contributed by atoms with van der Waals surface area (Å²) in [5.41, 5.74) is 0.987. The Morgan fingerprint density at radius 3 is 2.38 bits per heavy atom. The average Bonchev–Trinajstić information content (AvgIpc) is 2.40. The zero-order chi connectivity index (χ0) is 15.3. The lowest BCUT2D eigenvalue weighted by Gasteiger charge is -2.27. The van der Waals surface area contributed by atoms with Crippen LogP contribution in [0.3, 0.4) is 0 Å². The normalized spacial score (nSPS) is 17.2. The number of alkyl halides is 3. The molecular weight excluding hydrogens is 281 g/mol. The molecule has 0 atom stereocenters. The van der Waals surface area contributed by atoms with Gasteiger partial charge in [0.05, 0.1) is 0 Å². The first-order valence-corrected chi connectivity index (χ1v) is 7.16. The van der Waals surface area contributed by atoms with Crippen molar-refractivity contribution >= 4 is 0 Å². The molecule has 21 heavy (non-hydrogen) atoms. The van der Waals surface area contributed by atoms with Crippen molar-refractivity contribution in [3.8, 4) is 5.75 Å². The number of hydrogen-bond donors (Lipinski definition) is 1. The maximum absolute atomic E-state index is 12.1. The minimum atomic E-state index is -4.63. The highest BCUT2D eigenvalue weighted by Crippen LogP contribution is 2.23. The molecule has 118 valence electrons. The first-order valence-electron chi connectivity index (χ1n) is 7.16. The summed E-state index contributed by atoms with van der Waals surface area (Å²) in [7, 11) is 2.04. The van der Waals surface area contributed by atoms with E-state index in [4.69, 9.17) is 0 Å². The van der Waals surface area contributed by atoms with Gasteiger partial charge >= 0.3 is 6.36 Å². The highest BCUT2D eigenvalue weighted by atomic mass is 19.4. The van der Waals surface area contributed by atoms with Crippen LogP contribution >= 0.6 is 0 Å². The molecule has 6 heteroatoms. The van der Waals surface area contributed by atoms with Gasteiger partial charge in [0.25, 0.3) is 0 Å². The van der Waals surface area contributed by atoms with Crippen molar-refractivity contribution in [1.29, 1.82) is 0 Å². The third-order valence-corrected chi connectivity index (χ3v) is 3.64. The van der Waals surface area contributed by atoms with E-state index in [1.54, 1.807) is 12.1 Å². The minimum Gasteiger partial charge on any atom is -0.406 e. The Balaban J connectivity index is 1.81. The van der Waals surface area contributed by atoms with E-state index in [0.717, 1.165) is 31.7 Å². The Morgan fingerprint density at radius 2 is 1.81 bits per heavy atom. The molecule has 1 aromatic rings. The fourth-order valence-electron chi connectivity index (χ4n) is 2.68. The number of benzene rings is 1. The molecule has 1 N–H and O–H groups in total. The lowest BCUT2D eigenvalue weighted by Crippen LogP contribution is -2.34. The topological polar surface area (TPSA) is 24.5 Å². The molecule has 1 heterocycles. The summed E-state index contributed by atoms with van der Waals surface area (Å²) in [5.74, 6) is 0.524. The first-order chi connectivity index (χ1) is 9.92. The van der Waals surface area contributed by atoms with Gasteiger partial charge in [-0.25, -0.2) is 0 Å².